The summed E-state index contributed by atoms with van der Waals surface area (Å²) in [5.74, 6) is -0.399. The molecule has 0 unspecified atom stereocenters. The summed E-state index contributed by atoms with van der Waals surface area (Å²) in [5.41, 5.74) is -1.31. The van der Waals surface area contributed by atoms with Gasteiger partial charge in [0.1, 0.15) is 5.75 Å². The zero-order chi connectivity index (χ0) is 12.3. The van der Waals surface area contributed by atoms with Crippen molar-refractivity contribution in [3.8, 4) is 5.75 Å². The van der Waals surface area contributed by atoms with Crippen LogP contribution in [0.1, 0.15) is 11.1 Å². The van der Waals surface area contributed by atoms with Gasteiger partial charge in [0, 0.05) is 6.08 Å². The van der Waals surface area contributed by atoms with Crippen LogP contribution < -0.4 is 4.74 Å². The quantitative estimate of drug-likeness (QED) is 0.709. The van der Waals surface area contributed by atoms with Crippen molar-refractivity contribution < 1.29 is 26.7 Å². The molecule has 0 N–H and O–H groups in total. The molecule has 0 radical (unpaired) electrons. The molecular formula is C10H7F5O. The zero-order valence-electron chi connectivity index (χ0n) is 8.11. The van der Waals surface area contributed by atoms with Crippen LogP contribution in [0, 0.1) is 0 Å². The van der Waals surface area contributed by atoms with Crippen LogP contribution in [0.3, 0.4) is 0 Å². The maximum atomic E-state index is 12.5. The number of ether oxygens (including phenoxy) is 1. The topological polar surface area (TPSA) is 9.23 Å². The number of halogens is 5. The van der Waals surface area contributed by atoms with Gasteiger partial charge < -0.3 is 4.74 Å². The summed E-state index contributed by atoms with van der Waals surface area (Å²) < 4.78 is 65.7. The minimum atomic E-state index is -4.64. The molecule has 0 aliphatic heterocycles. The Labute approximate surface area is 88.1 Å². The molecule has 0 bridgehead atoms. The third-order valence-corrected chi connectivity index (χ3v) is 1.80. The summed E-state index contributed by atoms with van der Waals surface area (Å²) in [7, 11) is 1.08. The summed E-state index contributed by atoms with van der Waals surface area (Å²) in [6.07, 6.45) is -6.34. The van der Waals surface area contributed by atoms with Crippen LogP contribution in [0.25, 0.3) is 6.08 Å². The van der Waals surface area contributed by atoms with Crippen molar-refractivity contribution in [2.45, 2.75) is 6.18 Å². The predicted octanol–water partition coefficient (Wildman–Crippen LogP) is 3.95. The van der Waals surface area contributed by atoms with Gasteiger partial charge in [-0.1, -0.05) is 6.07 Å². The van der Waals surface area contributed by atoms with Crippen LogP contribution >= 0.6 is 0 Å². The van der Waals surface area contributed by atoms with Crippen LogP contribution in [0.4, 0.5) is 22.0 Å². The molecule has 16 heavy (non-hydrogen) atoms. The third kappa shape index (κ3) is 2.95. The first-order chi connectivity index (χ1) is 7.34. The molecule has 0 fully saturated rings. The monoisotopic (exact) mass is 238 g/mol. The minimum Gasteiger partial charge on any atom is -0.496 e. The molecular weight excluding hydrogens is 231 g/mol. The van der Waals surface area contributed by atoms with E-state index in [2.05, 4.69) is 4.74 Å². The SMILES string of the molecule is COc1ccc(C=C(F)F)cc1C(F)(F)F. The Balaban J connectivity index is 3.27. The van der Waals surface area contributed by atoms with Gasteiger partial charge in [-0.2, -0.15) is 22.0 Å². The molecule has 0 aliphatic carbocycles. The molecule has 6 heteroatoms. The molecule has 0 aromatic heterocycles. The fourth-order valence-electron chi connectivity index (χ4n) is 1.16. The van der Waals surface area contributed by atoms with Gasteiger partial charge in [-0.15, -0.1) is 0 Å². The van der Waals surface area contributed by atoms with Crippen LogP contribution in [0.5, 0.6) is 5.75 Å². The van der Waals surface area contributed by atoms with Crippen LogP contribution in [0.15, 0.2) is 24.3 Å². The van der Waals surface area contributed by atoms with Gasteiger partial charge in [-0.25, -0.2) is 0 Å². The van der Waals surface area contributed by atoms with Gasteiger partial charge >= 0.3 is 6.18 Å². The molecule has 0 amide bonds. The molecule has 1 rings (SSSR count). The summed E-state index contributed by atoms with van der Waals surface area (Å²) in [6.45, 7) is 0. The fourth-order valence-corrected chi connectivity index (χ4v) is 1.16. The first kappa shape index (κ1) is 12.5. The van der Waals surface area contributed by atoms with E-state index in [1.54, 1.807) is 0 Å². The van der Waals surface area contributed by atoms with Gasteiger partial charge in [0.15, 0.2) is 0 Å². The highest BCUT2D eigenvalue weighted by Gasteiger charge is 2.34. The fraction of sp³-hybridized carbons (Fsp3) is 0.200. The predicted molar refractivity (Wildman–Crippen MR) is 48.2 cm³/mol. The van der Waals surface area contributed by atoms with E-state index in [1.807, 2.05) is 0 Å². The summed E-state index contributed by atoms with van der Waals surface area (Å²) in [6, 6.07) is 2.73. The number of hydrogen-bond donors (Lipinski definition) is 0. The van der Waals surface area contributed by atoms with E-state index in [0.29, 0.717) is 12.1 Å². The number of hydrogen-bond acceptors (Lipinski definition) is 1. The average Bonchev–Trinajstić information content (AvgIpc) is 2.15. The first-order valence-electron chi connectivity index (χ1n) is 4.12. The molecule has 0 heterocycles. The lowest BCUT2D eigenvalue weighted by Crippen LogP contribution is -2.07. The lowest BCUT2D eigenvalue weighted by molar-refractivity contribution is -0.138. The van der Waals surface area contributed by atoms with E-state index in [-0.39, 0.29) is 5.56 Å². The van der Waals surface area contributed by atoms with Gasteiger partial charge in [0.25, 0.3) is 6.08 Å². The highest BCUT2D eigenvalue weighted by Crippen LogP contribution is 2.37. The Kier molecular flexibility index (Phi) is 3.51. The average molecular weight is 238 g/mol. The highest BCUT2D eigenvalue weighted by molar-refractivity contribution is 5.54. The molecule has 0 aliphatic rings. The van der Waals surface area contributed by atoms with Crippen molar-refractivity contribution in [1.82, 2.24) is 0 Å². The Hall–Kier alpha value is -1.59. The van der Waals surface area contributed by atoms with Gasteiger partial charge in [0.05, 0.1) is 12.7 Å². The Bertz CT molecular complexity index is 404. The number of alkyl halides is 3. The molecule has 0 atom stereocenters. The molecule has 0 saturated carbocycles. The maximum Gasteiger partial charge on any atom is 0.419 e. The second kappa shape index (κ2) is 4.51. The van der Waals surface area contributed by atoms with Crippen molar-refractivity contribution >= 4 is 6.08 Å². The van der Waals surface area contributed by atoms with E-state index >= 15 is 0 Å². The zero-order valence-corrected chi connectivity index (χ0v) is 8.11. The third-order valence-electron chi connectivity index (χ3n) is 1.80. The summed E-state index contributed by atoms with van der Waals surface area (Å²) in [4.78, 5) is 0. The number of benzene rings is 1. The summed E-state index contributed by atoms with van der Waals surface area (Å²) >= 11 is 0. The van der Waals surface area contributed by atoms with E-state index in [9.17, 15) is 22.0 Å². The number of rotatable bonds is 2. The van der Waals surface area contributed by atoms with Crippen molar-refractivity contribution in [2.75, 3.05) is 7.11 Å². The van der Waals surface area contributed by atoms with Gasteiger partial charge in [0.2, 0.25) is 0 Å². The highest BCUT2D eigenvalue weighted by atomic mass is 19.4. The molecule has 0 spiro atoms. The Morgan fingerprint density at radius 2 is 1.88 bits per heavy atom. The van der Waals surface area contributed by atoms with E-state index < -0.39 is 23.6 Å². The van der Waals surface area contributed by atoms with E-state index in [0.717, 1.165) is 19.2 Å². The van der Waals surface area contributed by atoms with Crippen LogP contribution in [-0.4, -0.2) is 7.11 Å². The van der Waals surface area contributed by atoms with Crippen molar-refractivity contribution in [1.29, 1.82) is 0 Å². The second-order valence-electron chi connectivity index (χ2n) is 2.89. The summed E-state index contributed by atoms with van der Waals surface area (Å²) in [5, 5.41) is 0. The van der Waals surface area contributed by atoms with Crippen molar-refractivity contribution in [2.24, 2.45) is 0 Å². The minimum absolute atomic E-state index is 0.229. The van der Waals surface area contributed by atoms with Gasteiger partial charge in [-0.3, -0.25) is 0 Å². The lowest BCUT2D eigenvalue weighted by Gasteiger charge is -2.12. The normalized spacial score (nSPS) is 11.1. The Morgan fingerprint density at radius 3 is 2.31 bits per heavy atom. The lowest BCUT2D eigenvalue weighted by atomic mass is 10.1. The molecule has 0 saturated heterocycles. The largest absolute Gasteiger partial charge is 0.496 e. The van der Waals surface area contributed by atoms with E-state index in [1.165, 1.54) is 0 Å². The molecule has 1 nitrogen and oxygen atoms in total. The van der Waals surface area contributed by atoms with Crippen molar-refractivity contribution in [3.05, 3.63) is 35.4 Å². The number of methoxy groups -OCH3 is 1. The molecule has 1 aromatic rings. The maximum absolute atomic E-state index is 12.5. The smallest absolute Gasteiger partial charge is 0.419 e. The van der Waals surface area contributed by atoms with Crippen molar-refractivity contribution in [3.63, 3.8) is 0 Å². The second-order valence-corrected chi connectivity index (χ2v) is 2.89. The molecule has 88 valence electrons. The molecule has 1 aromatic carbocycles. The van der Waals surface area contributed by atoms with Crippen LogP contribution in [0.2, 0.25) is 0 Å². The standard InChI is InChI=1S/C10H7F5O/c1-16-8-3-2-6(5-9(11)12)4-7(8)10(13,14)15/h2-5H,1H3. The Morgan fingerprint density at radius 1 is 1.25 bits per heavy atom. The van der Waals surface area contributed by atoms with E-state index in [4.69, 9.17) is 0 Å². The van der Waals surface area contributed by atoms with Crippen LogP contribution in [-0.2, 0) is 6.18 Å². The first-order valence-corrected chi connectivity index (χ1v) is 4.12. The van der Waals surface area contributed by atoms with Gasteiger partial charge in [-0.05, 0) is 17.7 Å².